The van der Waals surface area contributed by atoms with Gasteiger partial charge in [0.25, 0.3) is 0 Å². The maximum Gasteiger partial charge on any atom is 0.415 e. The summed E-state index contributed by atoms with van der Waals surface area (Å²) in [6.45, 7) is -0.328. The second kappa shape index (κ2) is 5.60. The molecule has 0 aromatic carbocycles. The van der Waals surface area contributed by atoms with Gasteiger partial charge in [0.2, 0.25) is 0 Å². The predicted octanol–water partition coefficient (Wildman–Crippen LogP) is 2.13. The van der Waals surface area contributed by atoms with E-state index in [2.05, 4.69) is 0 Å². The first-order chi connectivity index (χ1) is 7.36. The first kappa shape index (κ1) is 14.1. The van der Waals surface area contributed by atoms with E-state index in [4.69, 9.17) is 5.11 Å². The lowest BCUT2D eigenvalue weighted by Gasteiger charge is -2.30. The van der Waals surface area contributed by atoms with Gasteiger partial charge in [-0.25, -0.2) is 0 Å². The van der Waals surface area contributed by atoms with Crippen LogP contribution in [0.2, 0.25) is 0 Å². The fourth-order valence-electron chi connectivity index (χ4n) is 2.20. The summed E-state index contributed by atoms with van der Waals surface area (Å²) in [6.07, 6.45) is -1.73. The standard InChI is InChI=1S/C10H18F3NOS/c1-14(6-9(15)10(11,12)13)7-4-3-5-8(7)16-2/h7-9,15H,3-6H2,1-2H3/t7-,8-,9-/m1/s1. The van der Waals surface area contributed by atoms with Crippen LogP contribution in [0, 0.1) is 0 Å². The second-order valence-corrected chi connectivity index (χ2v) is 5.35. The SMILES string of the molecule is CS[C@@H]1CCC[C@H]1N(C)C[C@@H](O)C(F)(F)F. The molecule has 2 nitrogen and oxygen atoms in total. The third-order valence-corrected chi connectivity index (χ3v) is 4.28. The van der Waals surface area contributed by atoms with Crippen LogP contribution in [0.5, 0.6) is 0 Å². The summed E-state index contributed by atoms with van der Waals surface area (Å²) in [6, 6.07) is 0.159. The minimum atomic E-state index is -4.51. The largest absolute Gasteiger partial charge is 0.415 e. The lowest BCUT2D eigenvalue weighted by atomic mass is 10.2. The molecule has 0 aliphatic heterocycles. The molecule has 0 amide bonds. The van der Waals surface area contributed by atoms with Gasteiger partial charge in [-0.15, -0.1) is 0 Å². The summed E-state index contributed by atoms with van der Waals surface area (Å²) in [4.78, 5) is 1.65. The minimum absolute atomic E-state index is 0.159. The number of hydrogen-bond acceptors (Lipinski definition) is 3. The predicted molar refractivity (Wildman–Crippen MR) is 59.6 cm³/mol. The Kier molecular flexibility index (Phi) is 4.94. The van der Waals surface area contributed by atoms with Crippen LogP contribution in [0.1, 0.15) is 19.3 Å². The van der Waals surface area contributed by atoms with Crippen molar-refractivity contribution in [3.8, 4) is 0 Å². The molecule has 0 bridgehead atoms. The number of thioether (sulfide) groups is 1. The summed E-state index contributed by atoms with van der Waals surface area (Å²) < 4.78 is 36.6. The van der Waals surface area contributed by atoms with Crippen molar-refractivity contribution in [3.05, 3.63) is 0 Å². The Balaban J connectivity index is 2.48. The number of rotatable bonds is 4. The van der Waals surface area contributed by atoms with E-state index in [1.807, 2.05) is 6.26 Å². The van der Waals surface area contributed by atoms with E-state index < -0.39 is 12.3 Å². The fourth-order valence-corrected chi connectivity index (χ4v) is 3.26. The van der Waals surface area contributed by atoms with Gasteiger partial charge in [0.05, 0.1) is 0 Å². The van der Waals surface area contributed by atoms with E-state index in [1.165, 1.54) is 0 Å². The van der Waals surface area contributed by atoms with Crippen molar-refractivity contribution in [2.24, 2.45) is 0 Å². The third kappa shape index (κ3) is 3.53. The van der Waals surface area contributed by atoms with Crippen LogP contribution in [-0.4, -0.2) is 53.4 Å². The molecule has 1 rings (SSSR count). The van der Waals surface area contributed by atoms with Crippen LogP contribution in [0.4, 0.5) is 13.2 Å². The quantitative estimate of drug-likeness (QED) is 0.834. The summed E-state index contributed by atoms with van der Waals surface area (Å²) in [7, 11) is 1.66. The molecule has 16 heavy (non-hydrogen) atoms. The number of aliphatic hydroxyl groups excluding tert-OH is 1. The smallest absolute Gasteiger partial charge is 0.382 e. The first-order valence-corrected chi connectivity index (χ1v) is 6.63. The highest BCUT2D eigenvalue weighted by molar-refractivity contribution is 7.99. The second-order valence-electron chi connectivity index (χ2n) is 4.27. The van der Waals surface area contributed by atoms with E-state index >= 15 is 0 Å². The number of halogens is 3. The van der Waals surface area contributed by atoms with Gasteiger partial charge in [-0.3, -0.25) is 4.90 Å². The Labute approximate surface area is 98.2 Å². The number of nitrogens with zero attached hydrogens (tertiary/aromatic N) is 1. The van der Waals surface area contributed by atoms with E-state index in [0.717, 1.165) is 19.3 Å². The highest BCUT2D eigenvalue weighted by Gasteiger charge is 2.40. The van der Waals surface area contributed by atoms with Gasteiger partial charge in [0.15, 0.2) is 6.10 Å². The number of hydrogen-bond donors (Lipinski definition) is 1. The molecule has 1 N–H and O–H groups in total. The lowest BCUT2D eigenvalue weighted by molar-refractivity contribution is -0.208. The topological polar surface area (TPSA) is 23.5 Å². The van der Waals surface area contributed by atoms with E-state index in [0.29, 0.717) is 5.25 Å². The van der Waals surface area contributed by atoms with Crippen molar-refractivity contribution >= 4 is 11.8 Å². The van der Waals surface area contributed by atoms with Crippen molar-refractivity contribution in [1.82, 2.24) is 4.90 Å². The third-order valence-electron chi connectivity index (χ3n) is 3.13. The Bertz CT molecular complexity index is 225. The van der Waals surface area contributed by atoms with Crippen LogP contribution >= 0.6 is 11.8 Å². The molecule has 3 atom stereocenters. The summed E-state index contributed by atoms with van der Waals surface area (Å²) in [5, 5.41) is 9.40. The van der Waals surface area contributed by atoms with Gasteiger partial charge in [-0.2, -0.15) is 24.9 Å². The molecule has 0 aromatic heterocycles. The van der Waals surface area contributed by atoms with E-state index in [-0.39, 0.29) is 12.6 Å². The van der Waals surface area contributed by atoms with Crippen LogP contribution in [-0.2, 0) is 0 Å². The number of likely N-dealkylation sites (N-methyl/N-ethyl adjacent to an activating group) is 1. The molecule has 0 saturated heterocycles. The zero-order chi connectivity index (χ0) is 12.3. The molecule has 0 unspecified atom stereocenters. The average Bonchev–Trinajstić information content (AvgIpc) is 2.63. The molecular weight excluding hydrogens is 239 g/mol. The summed E-state index contributed by atoms with van der Waals surface area (Å²) in [5.74, 6) is 0. The van der Waals surface area contributed by atoms with Crippen molar-refractivity contribution in [1.29, 1.82) is 0 Å². The van der Waals surface area contributed by atoms with Crippen molar-refractivity contribution < 1.29 is 18.3 Å². The molecular formula is C10H18F3NOS. The van der Waals surface area contributed by atoms with Crippen molar-refractivity contribution in [2.45, 2.75) is 42.8 Å². The van der Waals surface area contributed by atoms with Crippen molar-refractivity contribution in [3.63, 3.8) is 0 Å². The highest BCUT2D eigenvalue weighted by Crippen LogP contribution is 2.32. The van der Waals surface area contributed by atoms with E-state index in [1.54, 1.807) is 23.7 Å². The molecule has 96 valence electrons. The van der Waals surface area contributed by atoms with Crippen LogP contribution < -0.4 is 0 Å². The minimum Gasteiger partial charge on any atom is -0.382 e. The van der Waals surface area contributed by atoms with Gasteiger partial charge in [0, 0.05) is 17.8 Å². The molecule has 0 aromatic rings. The van der Waals surface area contributed by atoms with Gasteiger partial charge in [-0.05, 0) is 26.1 Å². The van der Waals surface area contributed by atoms with E-state index in [9.17, 15) is 13.2 Å². The maximum absolute atomic E-state index is 12.2. The van der Waals surface area contributed by atoms with Crippen LogP contribution in [0.15, 0.2) is 0 Å². The molecule has 1 aliphatic rings. The molecule has 0 spiro atoms. The van der Waals surface area contributed by atoms with Crippen molar-refractivity contribution in [2.75, 3.05) is 19.8 Å². The molecule has 0 heterocycles. The summed E-state index contributed by atoms with van der Waals surface area (Å²) in [5.41, 5.74) is 0. The Hall–Kier alpha value is 0.0600. The molecule has 6 heteroatoms. The Morgan fingerprint density at radius 2 is 2.06 bits per heavy atom. The van der Waals surface area contributed by atoms with Gasteiger partial charge < -0.3 is 5.11 Å². The van der Waals surface area contributed by atoms with Crippen LogP contribution in [0.25, 0.3) is 0 Å². The monoisotopic (exact) mass is 257 g/mol. The summed E-state index contributed by atoms with van der Waals surface area (Å²) >= 11 is 1.70. The molecule has 0 radical (unpaired) electrons. The van der Waals surface area contributed by atoms with Crippen LogP contribution in [0.3, 0.4) is 0 Å². The zero-order valence-electron chi connectivity index (χ0n) is 9.50. The molecule has 1 fully saturated rings. The average molecular weight is 257 g/mol. The maximum atomic E-state index is 12.2. The van der Waals surface area contributed by atoms with Gasteiger partial charge in [0.1, 0.15) is 0 Å². The molecule has 1 aliphatic carbocycles. The normalized spacial score (nSPS) is 28.7. The number of aliphatic hydroxyl groups is 1. The Morgan fingerprint density at radius 1 is 1.44 bits per heavy atom. The first-order valence-electron chi connectivity index (χ1n) is 5.34. The fraction of sp³-hybridized carbons (Fsp3) is 1.00. The zero-order valence-corrected chi connectivity index (χ0v) is 10.3. The van der Waals surface area contributed by atoms with Gasteiger partial charge >= 0.3 is 6.18 Å². The highest BCUT2D eigenvalue weighted by atomic mass is 32.2. The van der Waals surface area contributed by atoms with Gasteiger partial charge in [-0.1, -0.05) is 6.42 Å². The lowest BCUT2D eigenvalue weighted by Crippen LogP contribution is -2.45. The number of alkyl halides is 3. The molecule has 1 saturated carbocycles. The Morgan fingerprint density at radius 3 is 2.56 bits per heavy atom.